The van der Waals surface area contributed by atoms with Gasteiger partial charge in [-0.3, -0.25) is 9.69 Å². The van der Waals surface area contributed by atoms with Gasteiger partial charge in [0.2, 0.25) is 0 Å². The summed E-state index contributed by atoms with van der Waals surface area (Å²) in [7, 11) is 1.92. The Morgan fingerprint density at radius 3 is 2.66 bits per heavy atom. The van der Waals surface area contributed by atoms with Crippen LogP contribution in [0.25, 0.3) is 10.9 Å². The molecule has 1 saturated heterocycles. The van der Waals surface area contributed by atoms with Gasteiger partial charge in [0.15, 0.2) is 0 Å². The molecule has 1 aliphatic rings. The number of benzene rings is 1. The lowest BCUT2D eigenvalue weighted by atomic mass is 9.96. The molecular weight excluding hydrogens is 385 g/mol. The Hall–Kier alpha value is -1.97. The van der Waals surface area contributed by atoms with Gasteiger partial charge in [0.05, 0.1) is 29.1 Å². The molecule has 0 saturated carbocycles. The van der Waals surface area contributed by atoms with Gasteiger partial charge in [-0.25, -0.2) is 4.98 Å². The van der Waals surface area contributed by atoms with Crippen LogP contribution in [0.4, 0.5) is 13.2 Å². The number of aromatic nitrogens is 2. The molecule has 160 valence electrons. The molecule has 1 aromatic heterocycles. The van der Waals surface area contributed by atoms with E-state index in [1.165, 1.54) is 6.07 Å². The average molecular weight is 412 g/mol. The smallest absolute Gasteiger partial charge is 0.392 e. The molecule has 9 heteroatoms. The largest absolute Gasteiger partial charge is 0.416 e. The zero-order valence-corrected chi connectivity index (χ0v) is 16.7. The Morgan fingerprint density at radius 2 is 2.03 bits per heavy atom. The summed E-state index contributed by atoms with van der Waals surface area (Å²) in [4.78, 5) is 23.5. The van der Waals surface area contributed by atoms with Gasteiger partial charge in [-0.05, 0) is 64.0 Å². The minimum atomic E-state index is -4.47. The van der Waals surface area contributed by atoms with Crippen LogP contribution in [0.5, 0.6) is 0 Å². The summed E-state index contributed by atoms with van der Waals surface area (Å²) in [5, 5.41) is 9.64. The van der Waals surface area contributed by atoms with Crippen molar-refractivity contribution in [2.24, 2.45) is 5.92 Å². The number of aliphatic hydroxyl groups excluding tert-OH is 1. The van der Waals surface area contributed by atoms with E-state index in [0.29, 0.717) is 24.8 Å². The van der Waals surface area contributed by atoms with Gasteiger partial charge in [0, 0.05) is 13.1 Å². The number of nitrogens with one attached hydrogen (secondary N) is 1. The van der Waals surface area contributed by atoms with Crippen LogP contribution < -0.4 is 5.56 Å². The summed E-state index contributed by atoms with van der Waals surface area (Å²) in [6.45, 7) is 5.52. The number of β-amino-alcohol motifs (C(OH)–C–C–N with tert-alkyl or cyclic N) is 1. The number of hydrogen-bond acceptors (Lipinski definition) is 5. The summed E-state index contributed by atoms with van der Waals surface area (Å²) in [6.07, 6.45) is -2.76. The van der Waals surface area contributed by atoms with E-state index in [9.17, 15) is 23.1 Å². The second-order valence-electron chi connectivity index (χ2n) is 8.03. The molecule has 0 bridgehead atoms. The molecule has 1 unspecified atom stereocenters. The summed E-state index contributed by atoms with van der Waals surface area (Å²) in [5.41, 5.74) is -1.19. The first-order valence-electron chi connectivity index (χ1n) is 9.81. The SMILES string of the molecule is CC(O)CN1CCC(CN(C)Cc2nc3cc(C(F)(F)F)ccc3c(=O)[nH]2)CC1. The van der Waals surface area contributed by atoms with Crippen molar-refractivity contribution in [2.75, 3.05) is 33.2 Å². The summed E-state index contributed by atoms with van der Waals surface area (Å²) in [5.74, 6) is 0.852. The average Bonchev–Trinajstić information content (AvgIpc) is 2.61. The molecule has 3 rings (SSSR count). The molecule has 1 atom stereocenters. The zero-order chi connectivity index (χ0) is 21.2. The molecule has 6 nitrogen and oxygen atoms in total. The molecule has 2 N–H and O–H groups in total. The molecular formula is C20H27F3N4O2. The Balaban J connectivity index is 1.64. The van der Waals surface area contributed by atoms with Gasteiger partial charge >= 0.3 is 6.18 Å². The van der Waals surface area contributed by atoms with Crippen LogP contribution in [0, 0.1) is 5.92 Å². The van der Waals surface area contributed by atoms with Crippen LogP contribution >= 0.6 is 0 Å². The fourth-order valence-corrected chi connectivity index (χ4v) is 3.93. The second kappa shape index (κ2) is 8.81. The molecule has 0 amide bonds. The van der Waals surface area contributed by atoms with E-state index < -0.39 is 17.3 Å². The molecule has 29 heavy (non-hydrogen) atoms. The Kier molecular flexibility index (Phi) is 6.60. The Morgan fingerprint density at radius 1 is 1.34 bits per heavy atom. The highest BCUT2D eigenvalue weighted by Gasteiger charge is 2.30. The number of nitrogens with zero attached hydrogens (tertiary/aromatic N) is 3. The van der Waals surface area contributed by atoms with Crippen LogP contribution in [0.1, 0.15) is 31.2 Å². The van der Waals surface area contributed by atoms with Crippen molar-refractivity contribution in [1.82, 2.24) is 19.8 Å². The Bertz CT molecular complexity index is 889. The highest BCUT2D eigenvalue weighted by Crippen LogP contribution is 2.30. The van der Waals surface area contributed by atoms with Gasteiger partial charge in [-0.2, -0.15) is 13.2 Å². The van der Waals surface area contributed by atoms with Crippen LogP contribution in [0.3, 0.4) is 0 Å². The fraction of sp³-hybridized carbons (Fsp3) is 0.600. The number of alkyl halides is 3. The third-order valence-electron chi connectivity index (χ3n) is 5.30. The number of fused-ring (bicyclic) bond motifs is 1. The Labute approximate surface area is 167 Å². The minimum absolute atomic E-state index is 0.0541. The maximum absolute atomic E-state index is 12.9. The van der Waals surface area contributed by atoms with E-state index in [2.05, 4.69) is 14.9 Å². The van der Waals surface area contributed by atoms with Gasteiger partial charge in [0.1, 0.15) is 5.82 Å². The third kappa shape index (κ3) is 5.77. The fourth-order valence-electron chi connectivity index (χ4n) is 3.93. The molecule has 2 heterocycles. The predicted octanol–water partition coefficient (Wildman–Crippen LogP) is 2.47. The maximum Gasteiger partial charge on any atom is 0.416 e. The number of piperidine rings is 1. The van der Waals surface area contributed by atoms with Crippen molar-refractivity contribution >= 4 is 10.9 Å². The number of halogens is 3. The van der Waals surface area contributed by atoms with Crippen LogP contribution in [0.2, 0.25) is 0 Å². The quantitative estimate of drug-likeness (QED) is 0.763. The molecule has 1 aromatic carbocycles. The van der Waals surface area contributed by atoms with Crippen molar-refractivity contribution in [3.05, 3.63) is 39.9 Å². The van der Waals surface area contributed by atoms with Gasteiger partial charge < -0.3 is 15.0 Å². The number of hydrogen-bond donors (Lipinski definition) is 2. The second-order valence-corrected chi connectivity index (χ2v) is 8.03. The predicted molar refractivity (Wildman–Crippen MR) is 105 cm³/mol. The van der Waals surface area contributed by atoms with Crippen LogP contribution in [-0.4, -0.2) is 64.2 Å². The lowest BCUT2D eigenvalue weighted by Gasteiger charge is -2.34. The zero-order valence-electron chi connectivity index (χ0n) is 16.7. The summed E-state index contributed by atoms with van der Waals surface area (Å²) >= 11 is 0. The van der Waals surface area contributed by atoms with Crippen LogP contribution in [-0.2, 0) is 12.7 Å². The highest BCUT2D eigenvalue weighted by atomic mass is 19.4. The third-order valence-corrected chi connectivity index (χ3v) is 5.30. The number of likely N-dealkylation sites (tertiary alicyclic amines) is 1. The number of aliphatic hydroxyl groups is 1. The van der Waals surface area contributed by atoms with Gasteiger partial charge in [-0.1, -0.05) is 0 Å². The molecule has 1 aliphatic heterocycles. The monoisotopic (exact) mass is 412 g/mol. The first kappa shape index (κ1) is 21.7. The molecule has 0 radical (unpaired) electrons. The molecule has 0 aliphatic carbocycles. The maximum atomic E-state index is 12.9. The topological polar surface area (TPSA) is 72.5 Å². The van der Waals surface area contributed by atoms with Crippen molar-refractivity contribution in [3.8, 4) is 0 Å². The lowest BCUT2D eigenvalue weighted by Crippen LogP contribution is -2.40. The van der Waals surface area contributed by atoms with E-state index in [-0.39, 0.29) is 17.0 Å². The van der Waals surface area contributed by atoms with Crippen molar-refractivity contribution < 1.29 is 18.3 Å². The number of H-pyrrole nitrogens is 1. The van der Waals surface area contributed by atoms with E-state index in [4.69, 9.17) is 0 Å². The van der Waals surface area contributed by atoms with Crippen molar-refractivity contribution in [1.29, 1.82) is 0 Å². The molecule has 1 fully saturated rings. The normalized spacial score (nSPS) is 17.9. The van der Waals surface area contributed by atoms with Crippen LogP contribution in [0.15, 0.2) is 23.0 Å². The van der Waals surface area contributed by atoms with E-state index in [1.54, 1.807) is 6.92 Å². The van der Waals surface area contributed by atoms with E-state index in [1.807, 2.05) is 11.9 Å². The van der Waals surface area contributed by atoms with E-state index >= 15 is 0 Å². The summed E-state index contributed by atoms with van der Waals surface area (Å²) in [6, 6.07) is 2.99. The molecule has 0 spiro atoms. The first-order chi connectivity index (χ1) is 13.6. The lowest BCUT2D eigenvalue weighted by molar-refractivity contribution is -0.137. The van der Waals surface area contributed by atoms with Gasteiger partial charge in [0.25, 0.3) is 5.56 Å². The van der Waals surface area contributed by atoms with E-state index in [0.717, 1.165) is 44.6 Å². The first-order valence-corrected chi connectivity index (χ1v) is 9.81. The standard InChI is InChI=1S/C20H27F3N4O2/c1-13(28)10-27-7-5-14(6-8-27)11-26(2)12-18-24-17-9-15(20(21,22)23)3-4-16(17)19(29)25-18/h3-4,9,13-14,28H,5-8,10-12H2,1-2H3,(H,24,25,29). The minimum Gasteiger partial charge on any atom is -0.392 e. The molecule has 2 aromatic rings. The number of aromatic amines is 1. The van der Waals surface area contributed by atoms with Crippen molar-refractivity contribution in [3.63, 3.8) is 0 Å². The van der Waals surface area contributed by atoms with Crippen molar-refractivity contribution in [2.45, 2.75) is 38.6 Å². The number of rotatable bonds is 6. The van der Waals surface area contributed by atoms with Gasteiger partial charge in [-0.15, -0.1) is 0 Å². The highest BCUT2D eigenvalue weighted by molar-refractivity contribution is 5.78. The summed E-state index contributed by atoms with van der Waals surface area (Å²) < 4.78 is 38.8.